The van der Waals surface area contributed by atoms with Gasteiger partial charge >= 0.3 is 0 Å². The van der Waals surface area contributed by atoms with Gasteiger partial charge in [0.15, 0.2) is 0 Å². The van der Waals surface area contributed by atoms with Crippen molar-refractivity contribution < 1.29 is 17.6 Å². The van der Waals surface area contributed by atoms with Gasteiger partial charge in [0.05, 0.1) is 24.5 Å². The second-order valence-corrected chi connectivity index (χ2v) is 9.98. The number of halogens is 3. The van der Waals surface area contributed by atoms with Crippen LogP contribution >= 0.6 is 23.2 Å². The summed E-state index contributed by atoms with van der Waals surface area (Å²) in [5, 5.41) is 3.55. The highest BCUT2D eigenvalue weighted by Gasteiger charge is 2.21. The molecule has 0 aliphatic heterocycles. The van der Waals surface area contributed by atoms with E-state index in [9.17, 15) is 17.6 Å². The molecule has 0 aromatic heterocycles. The zero-order valence-corrected chi connectivity index (χ0v) is 19.7. The van der Waals surface area contributed by atoms with Gasteiger partial charge in [-0.2, -0.15) is 0 Å². The molecule has 9 heteroatoms. The molecule has 3 aromatic rings. The lowest BCUT2D eigenvalue weighted by Crippen LogP contribution is -2.30. The van der Waals surface area contributed by atoms with Crippen LogP contribution in [0.15, 0.2) is 66.7 Å². The zero-order valence-electron chi connectivity index (χ0n) is 17.3. The summed E-state index contributed by atoms with van der Waals surface area (Å²) < 4.78 is 39.1. The van der Waals surface area contributed by atoms with Gasteiger partial charge in [0.1, 0.15) is 5.82 Å². The van der Waals surface area contributed by atoms with E-state index >= 15 is 0 Å². The normalized spacial score (nSPS) is 12.3. The maximum Gasteiger partial charge on any atom is 0.251 e. The van der Waals surface area contributed by atoms with Crippen molar-refractivity contribution in [3.63, 3.8) is 0 Å². The third-order valence-electron chi connectivity index (χ3n) is 4.90. The minimum Gasteiger partial charge on any atom is -0.346 e. The molecule has 1 unspecified atom stereocenters. The number of benzene rings is 3. The molecule has 0 heterocycles. The highest BCUT2D eigenvalue weighted by Crippen LogP contribution is 2.29. The lowest BCUT2D eigenvalue weighted by molar-refractivity contribution is 0.0940. The van der Waals surface area contributed by atoms with E-state index in [1.165, 1.54) is 28.6 Å². The highest BCUT2D eigenvalue weighted by molar-refractivity contribution is 7.92. The Morgan fingerprint density at radius 2 is 1.56 bits per heavy atom. The first kappa shape index (κ1) is 24.0. The van der Waals surface area contributed by atoms with E-state index in [1.54, 1.807) is 49.4 Å². The van der Waals surface area contributed by atoms with Crippen LogP contribution in [0.1, 0.15) is 34.5 Å². The summed E-state index contributed by atoms with van der Waals surface area (Å²) in [6.45, 7) is 1.74. The minimum atomic E-state index is -3.66. The topological polar surface area (TPSA) is 66.5 Å². The van der Waals surface area contributed by atoms with Crippen LogP contribution in [0.25, 0.3) is 0 Å². The Labute approximate surface area is 196 Å². The smallest absolute Gasteiger partial charge is 0.251 e. The van der Waals surface area contributed by atoms with Gasteiger partial charge in [0.25, 0.3) is 5.91 Å². The molecule has 168 valence electrons. The summed E-state index contributed by atoms with van der Waals surface area (Å²) in [5.74, 6) is -0.690. The molecule has 0 aliphatic carbocycles. The summed E-state index contributed by atoms with van der Waals surface area (Å²) in [7, 11) is -3.66. The molecule has 32 heavy (non-hydrogen) atoms. The van der Waals surface area contributed by atoms with Crippen LogP contribution in [0.4, 0.5) is 10.1 Å². The van der Waals surface area contributed by atoms with Crippen LogP contribution in [0.5, 0.6) is 0 Å². The number of rotatable bonds is 7. The Kier molecular flexibility index (Phi) is 7.44. The van der Waals surface area contributed by atoms with Crippen molar-refractivity contribution in [2.45, 2.75) is 19.5 Å². The molecule has 1 atom stereocenters. The maximum absolute atomic E-state index is 13.1. The van der Waals surface area contributed by atoms with Gasteiger partial charge in [-0.3, -0.25) is 9.10 Å². The van der Waals surface area contributed by atoms with Gasteiger partial charge in [0, 0.05) is 21.2 Å². The molecular weight excluding hydrogens is 474 g/mol. The number of nitrogens with zero attached hydrogens (tertiary/aromatic N) is 1. The van der Waals surface area contributed by atoms with Crippen LogP contribution in [-0.2, 0) is 16.6 Å². The summed E-state index contributed by atoms with van der Waals surface area (Å²) in [4.78, 5) is 12.6. The quantitative estimate of drug-likeness (QED) is 0.465. The average molecular weight is 495 g/mol. The number of sulfonamides is 1. The summed E-state index contributed by atoms with van der Waals surface area (Å²) in [6, 6.07) is 16.7. The molecule has 1 amide bonds. The van der Waals surface area contributed by atoms with Crippen molar-refractivity contribution in [2.75, 3.05) is 10.6 Å². The Balaban J connectivity index is 1.80. The average Bonchev–Trinajstić information content (AvgIpc) is 2.73. The number of hydrogen-bond donors (Lipinski definition) is 1. The largest absolute Gasteiger partial charge is 0.346 e. The molecule has 0 radical (unpaired) electrons. The van der Waals surface area contributed by atoms with Gasteiger partial charge in [-0.05, 0) is 61.0 Å². The standard InChI is InChI=1S/C23H21Cl2FN2O3S/c1-15(16-6-10-18(26)11-7-16)27-23(29)17-8-12-19(13-9-17)28(32(2,30)31)14-20-21(24)4-3-5-22(20)25/h3-13,15H,14H2,1-2H3,(H,27,29). The van der Waals surface area contributed by atoms with E-state index in [-0.39, 0.29) is 24.3 Å². The SMILES string of the molecule is CC(NC(=O)c1ccc(N(Cc2c(Cl)cccc2Cl)S(C)(=O)=O)cc1)c1ccc(F)cc1. The number of nitrogens with one attached hydrogen (secondary N) is 1. The Hall–Kier alpha value is -2.61. The summed E-state index contributed by atoms with van der Waals surface area (Å²) in [5.41, 5.74) is 1.96. The third-order valence-corrected chi connectivity index (χ3v) is 6.75. The van der Waals surface area contributed by atoms with E-state index in [1.807, 2.05) is 0 Å². The van der Waals surface area contributed by atoms with E-state index in [4.69, 9.17) is 23.2 Å². The lowest BCUT2D eigenvalue weighted by atomic mass is 10.1. The van der Waals surface area contributed by atoms with Gasteiger partial charge < -0.3 is 5.32 Å². The molecule has 0 fully saturated rings. The third kappa shape index (κ3) is 5.79. The minimum absolute atomic E-state index is 0.0511. The van der Waals surface area contributed by atoms with Gasteiger partial charge in [-0.15, -0.1) is 0 Å². The number of carbonyl (C=O) groups excluding carboxylic acids is 1. The number of anilines is 1. The highest BCUT2D eigenvalue weighted by atomic mass is 35.5. The van der Waals surface area contributed by atoms with Gasteiger partial charge in [0.2, 0.25) is 10.0 Å². The fourth-order valence-electron chi connectivity index (χ4n) is 3.12. The van der Waals surface area contributed by atoms with Crippen LogP contribution in [0, 0.1) is 5.82 Å². The van der Waals surface area contributed by atoms with E-state index in [2.05, 4.69) is 5.32 Å². The molecule has 0 aliphatic rings. The van der Waals surface area contributed by atoms with Crippen molar-refractivity contribution in [3.05, 3.63) is 99.3 Å². The molecule has 0 spiro atoms. The molecule has 0 saturated carbocycles. The molecule has 0 saturated heterocycles. The van der Waals surface area contributed by atoms with Crippen molar-refractivity contribution in [1.29, 1.82) is 0 Å². The molecule has 3 rings (SSSR count). The predicted molar refractivity (Wildman–Crippen MR) is 126 cm³/mol. The number of amides is 1. The van der Waals surface area contributed by atoms with Crippen LogP contribution in [0.3, 0.4) is 0 Å². The number of hydrogen-bond acceptors (Lipinski definition) is 3. The molecule has 5 nitrogen and oxygen atoms in total. The fourth-order valence-corrected chi connectivity index (χ4v) is 4.51. The molecule has 3 aromatic carbocycles. The summed E-state index contributed by atoms with van der Waals surface area (Å²) >= 11 is 12.4. The van der Waals surface area contributed by atoms with Gasteiger partial charge in [-0.25, -0.2) is 12.8 Å². The Bertz CT molecular complexity index is 1200. The Morgan fingerprint density at radius 3 is 2.09 bits per heavy atom. The molecule has 1 N–H and O–H groups in total. The first-order chi connectivity index (χ1) is 15.1. The maximum atomic E-state index is 13.1. The second kappa shape index (κ2) is 9.90. The van der Waals surface area contributed by atoms with Crippen LogP contribution < -0.4 is 9.62 Å². The van der Waals surface area contributed by atoms with Crippen LogP contribution in [0.2, 0.25) is 10.0 Å². The fraction of sp³-hybridized carbons (Fsp3) is 0.174. The van der Waals surface area contributed by atoms with E-state index < -0.39 is 10.0 Å². The van der Waals surface area contributed by atoms with Crippen molar-refractivity contribution >= 4 is 44.8 Å². The van der Waals surface area contributed by atoms with Crippen molar-refractivity contribution in [3.8, 4) is 0 Å². The summed E-state index contributed by atoms with van der Waals surface area (Å²) in [6.07, 6.45) is 1.09. The van der Waals surface area contributed by atoms with E-state index in [0.29, 0.717) is 26.9 Å². The lowest BCUT2D eigenvalue weighted by Gasteiger charge is -2.24. The monoisotopic (exact) mass is 494 g/mol. The molecule has 0 bridgehead atoms. The van der Waals surface area contributed by atoms with Gasteiger partial charge in [-0.1, -0.05) is 41.4 Å². The number of carbonyl (C=O) groups is 1. The predicted octanol–water partition coefficient (Wildman–Crippen LogP) is 5.59. The first-order valence-electron chi connectivity index (χ1n) is 9.63. The Morgan fingerprint density at radius 1 is 1.00 bits per heavy atom. The van der Waals surface area contributed by atoms with Crippen LogP contribution in [-0.4, -0.2) is 20.6 Å². The van der Waals surface area contributed by atoms with Crippen molar-refractivity contribution in [1.82, 2.24) is 5.32 Å². The zero-order chi connectivity index (χ0) is 23.5. The second-order valence-electron chi connectivity index (χ2n) is 7.26. The molecular formula is C23H21Cl2FN2O3S. The van der Waals surface area contributed by atoms with Crippen molar-refractivity contribution in [2.24, 2.45) is 0 Å². The van der Waals surface area contributed by atoms with E-state index in [0.717, 1.165) is 11.8 Å². The first-order valence-corrected chi connectivity index (χ1v) is 12.2.